The summed E-state index contributed by atoms with van der Waals surface area (Å²) in [5, 5.41) is 10.8. The van der Waals surface area contributed by atoms with E-state index in [-0.39, 0.29) is 30.5 Å². The molecule has 1 aromatic carbocycles. The molecular formula is C16H21N3O4. The molecule has 2 N–H and O–H groups in total. The van der Waals surface area contributed by atoms with Gasteiger partial charge in [-0.15, -0.1) is 0 Å². The molecule has 124 valence electrons. The third-order valence-corrected chi connectivity index (χ3v) is 4.13. The van der Waals surface area contributed by atoms with Crippen molar-refractivity contribution in [3.05, 3.63) is 39.9 Å². The third-order valence-electron chi connectivity index (χ3n) is 4.13. The van der Waals surface area contributed by atoms with E-state index in [1.165, 1.54) is 12.1 Å². The Kier molecular flexibility index (Phi) is 5.67. The number of amides is 2. The zero-order valence-electron chi connectivity index (χ0n) is 12.9. The highest BCUT2D eigenvalue weighted by molar-refractivity contribution is 5.79. The van der Waals surface area contributed by atoms with E-state index in [1.807, 2.05) is 0 Å². The number of carbonyl (C=O) groups excluding carboxylic acids is 2. The summed E-state index contributed by atoms with van der Waals surface area (Å²) in [5.41, 5.74) is 6.04. The minimum Gasteiger partial charge on any atom is -0.370 e. The van der Waals surface area contributed by atoms with Crippen LogP contribution < -0.4 is 5.73 Å². The molecule has 2 amide bonds. The van der Waals surface area contributed by atoms with Crippen LogP contribution in [0.1, 0.15) is 37.7 Å². The smallest absolute Gasteiger partial charge is 0.269 e. The van der Waals surface area contributed by atoms with Crippen molar-refractivity contribution in [2.24, 2.45) is 5.73 Å². The second kappa shape index (κ2) is 7.71. The average molecular weight is 319 g/mol. The Hall–Kier alpha value is -2.44. The maximum absolute atomic E-state index is 12.4. The maximum Gasteiger partial charge on any atom is 0.269 e. The van der Waals surface area contributed by atoms with E-state index < -0.39 is 10.8 Å². The summed E-state index contributed by atoms with van der Waals surface area (Å²) in [5.74, 6) is -0.421. The highest BCUT2D eigenvalue weighted by Gasteiger charge is 2.27. The monoisotopic (exact) mass is 319 g/mol. The van der Waals surface area contributed by atoms with Crippen molar-refractivity contribution in [2.75, 3.05) is 6.54 Å². The first-order valence-electron chi connectivity index (χ1n) is 7.78. The van der Waals surface area contributed by atoms with Gasteiger partial charge in [0.2, 0.25) is 11.8 Å². The standard InChI is InChI=1S/C16H21N3O4/c17-15(20)11-13-5-1-2-9-18(13)16(21)8-7-12-4-3-6-14(10-12)19(22)23/h3-4,6,10,13H,1-2,5,7-9,11H2,(H2,17,20)/t13-/m0/s1. The molecule has 1 fully saturated rings. The molecule has 0 bridgehead atoms. The first-order chi connectivity index (χ1) is 11.0. The number of non-ortho nitro benzene ring substituents is 1. The fraction of sp³-hybridized carbons (Fsp3) is 0.500. The fourth-order valence-electron chi connectivity index (χ4n) is 2.99. The number of nitro groups is 1. The van der Waals surface area contributed by atoms with Gasteiger partial charge in [-0.05, 0) is 31.2 Å². The minimum absolute atomic E-state index is 0.0255. The van der Waals surface area contributed by atoms with Crippen molar-refractivity contribution in [3.8, 4) is 0 Å². The highest BCUT2D eigenvalue weighted by atomic mass is 16.6. The summed E-state index contributed by atoms with van der Waals surface area (Å²) < 4.78 is 0. The van der Waals surface area contributed by atoms with Gasteiger partial charge in [-0.1, -0.05) is 12.1 Å². The first-order valence-corrected chi connectivity index (χ1v) is 7.78. The Bertz CT molecular complexity index is 603. The number of rotatable bonds is 6. The van der Waals surface area contributed by atoms with Crippen LogP contribution in [0, 0.1) is 10.1 Å². The van der Waals surface area contributed by atoms with E-state index in [4.69, 9.17) is 5.73 Å². The van der Waals surface area contributed by atoms with Crippen molar-refractivity contribution in [1.29, 1.82) is 0 Å². The van der Waals surface area contributed by atoms with E-state index in [1.54, 1.807) is 17.0 Å². The number of primary amides is 1. The molecule has 1 saturated heterocycles. The van der Waals surface area contributed by atoms with Gasteiger partial charge in [0.25, 0.3) is 5.69 Å². The zero-order valence-corrected chi connectivity index (χ0v) is 12.9. The molecule has 0 radical (unpaired) electrons. The van der Waals surface area contributed by atoms with Crippen LogP contribution >= 0.6 is 0 Å². The number of likely N-dealkylation sites (tertiary alicyclic amines) is 1. The van der Waals surface area contributed by atoms with E-state index in [2.05, 4.69) is 0 Å². The summed E-state index contributed by atoms with van der Waals surface area (Å²) in [6.07, 6.45) is 3.63. The van der Waals surface area contributed by atoms with Gasteiger partial charge in [-0.3, -0.25) is 19.7 Å². The van der Waals surface area contributed by atoms with Gasteiger partial charge in [0.05, 0.1) is 4.92 Å². The molecule has 1 atom stereocenters. The predicted molar refractivity (Wildman–Crippen MR) is 84.6 cm³/mol. The number of aryl methyl sites for hydroxylation is 1. The molecule has 0 unspecified atom stereocenters. The number of nitrogens with zero attached hydrogens (tertiary/aromatic N) is 2. The van der Waals surface area contributed by atoms with Gasteiger partial charge >= 0.3 is 0 Å². The average Bonchev–Trinajstić information content (AvgIpc) is 2.53. The fourth-order valence-corrected chi connectivity index (χ4v) is 2.99. The number of hydrogen-bond acceptors (Lipinski definition) is 4. The number of piperidine rings is 1. The van der Waals surface area contributed by atoms with Crippen LogP contribution in [0.2, 0.25) is 0 Å². The molecule has 2 rings (SSSR count). The Morgan fingerprint density at radius 3 is 2.83 bits per heavy atom. The van der Waals surface area contributed by atoms with Crippen molar-refractivity contribution in [2.45, 2.75) is 44.6 Å². The lowest BCUT2D eigenvalue weighted by Gasteiger charge is -2.35. The molecule has 7 heteroatoms. The van der Waals surface area contributed by atoms with Gasteiger partial charge < -0.3 is 10.6 Å². The molecule has 7 nitrogen and oxygen atoms in total. The molecule has 1 aromatic rings. The Morgan fingerprint density at radius 2 is 2.13 bits per heavy atom. The quantitative estimate of drug-likeness (QED) is 0.637. The van der Waals surface area contributed by atoms with Crippen LogP contribution in [0.5, 0.6) is 0 Å². The molecule has 1 heterocycles. The molecule has 23 heavy (non-hydrogen) atoms. The summed E-state index contributed by atoms with van der Waals surface area (Å²) in [6.45, 7) is 0.645. The Balaban J connectivity index is 1.96. The summed E-state index contributed by atoms with van der Waals surface area (Å²) in [6, 6.07) is 6.20. The van der Waals surface area contributed by atoms with Crippen molar-refractivity contribution >= 4 is 17.5 Å². The van der Waals surface area contributed by atoms with Gasteiger partial charge in [-0.25, -0.2) is 0 Å². The van der Waals surface area contributed by atoms with Crippen LogP contribution in [-0.4, -0.2) is 34.2 Å². The van der Waals surface area contributed by atoms with Gasteiger partial charge in [0.1, 0.15) is 0 Å². The van der Waals surface area contributed by atoms with Gasteiger partial charge in [0, 0.05) is 37.6 Å². The second-order valence-electron chi connectivity index (χ2n) is 5.83. The first kappa shape index (κ1) is 16.9. The van der Waals surface area contributed by atoms with Crippen LogP contribution in [0.15, 0.2) is 24.3 Å². The second-order valence-corrected chi connectivity index (χ2v) is 5.83. The minimum atomic E-state index is -0.446. The van der Waals surface area contributed by atoms with Crippen LogP contribution in [0.3, 0.4) is 0 Å². The number of hydrogen-bond donors (Lipinski definition) is 1. The molecule has 0 aromatic heterocycles. The van der Waals surface area contributed by atoms with E-state index in [9.17, 15) is 19.7 Å². The highest BCUT2D eigenvalue weighted by Crippen LogP contribution is 2.21. The summed E-state index contributed by atoms with van der Waals surface area (Å²) in [7, 11) is 0. The van der Waals surface area contributed by atoms with Gasteiger partial charge in [-0.2, -0.15) is 0 Å². The van der Waals surface area contributed by atoms with Crippen molar-refractivity contribution < 1.29 is 14.5 Å². The lowest BCUT2D eigenvalue weighted by Crippen LogP contribution is -2.45. The third kappa shape index (κ3) is 4.77. The van der Waals surface area contributed by atoms with Crippen LogP contribution in [0.25, 0.3) is 0 Å². The summed E-state index contributed by atoms with van der Waals surface area (Å²) in [4.78, 5) is 35.6. The maximum atomic E-state index is 12.4. The van der Waals surface area contributed by atoms with Crippen molar-refractivity contribution in [1.82, 2.24) is 4.90 Å². The molecular weight excluding hydrogens is 298 g/mol. The number of nitro benzene ring substituents is 1. The number of benzene rings is 1. The van der Waals surface area contributed by atoms with E-state index >= 15 is 0 Å². The zero-order chi connectivity index (χ0) is 16.8. The Morgan fingerprint density at radius 1 is 1.35 bits per heavy atom. The molecule has 0 spiro atoms. The Labute approximate surface area is 134 Å². The lowest BCUT2D eigenvalue weighted by atomic mass is 9.98. The molecule has 0 aliphatic carbocycles. The van der Waals surface area contributed by atoms with Crippen LogP contribution in [-0.2, 0) is 16.0 Å². The molecule has 0 saturated carbocycles. The topological polar surface area (TPSA) is 107 Å². The normalized spacial score (nSPS) is 17.7. The SMILES string of the molecule is NC(=O)C[C@@H]1CCCCN1C(=O)CCc1cccc([N+](=O)[O-])c1. The summed E-state index contributed by atoms with van der Waals surface area (Å²) >= 11 is 0. The lowest BCUT2D eigenvalue weighted by molar-refractivity contribution is -0.384. The van der Waals surface area contributed by atoms with E-state index in [0.29, 0.717) is 13.0 Å². The van der Waals surface area contributed by atoms with Gasteiger partial charge in [0.15, 0.2) is 0 Å². The number of carbonyl (C=O) groups is 2. The van der Waals surface area contributed by atoms with Crippen LogP contribution in [0.4, 0.5) is 5.69 Å². The van der Waals surface area contributed by atoms with E-state index in [0.717, 1.165) is 24.8 Å². The van der Waals surface area contributed by atoms with Crippen molar-refractivity contribution in [3.63, 3.8) is 0 Å². The number of nitrogens with two attached hydrogens (primary N) is 1. The molecule has 1 aliphatic heterocycles. The largest absolute Gasteiger partial charge is 0.370 e. The molecule has 1 aliphatic rings. The predicted octanol–water partition coefficient (Wildman–Crippen LogP) is 1.78.